The van der Waals surface area contributed by atoms with Crippen molar-refractivity contribution in [1.82, 2.24) is 5.32 Å². The van der Waals surface area contributed by atoms with Gasteiger partial charge in [0.05, 0.1) is 6.54 Å². The Labute approximate surface area is 141 Å². The van der Waals surface area contributed by atoms with Crippen LogP contribution in [0.25, 0.3) is 0 Å². The molecule has 4 N–H and O–H groups in total. The molecule has 8 heteroatoms. The van der Waals surface area contributed by atoms with Gasteiger partial charge in [-0.1, -0.05) is 0 Å². The summed E-state index contributed by atoms with van der Waals surface area (Å²) in [7, 11) is 0. The van der Waals surface area contributed by atoms with E-state index < -0.39 is 11.8 Å². The number of benzene rings is 1. The maximum atomic E-state index is 12.2. The molecular weight excluding hydrogens is 334 g/mol. The van der Waals surface area contributed by atoms with Gasteiger partial charge in [0.2, 0.25) is 5.91 Å². The lowest BCUT2D eigenvalue weighted by molar-refractivity contribution is -0.117. The predicted octanol–water partition coefficient (Wildman–Crippen LogP) is 1.94. The summed E-state index contributed by atoms with van der Waals surface area (Å²) >= 11 is 2.89. The summed E-state index contributed by atoms with van der Waals surface area (Å²) in [5, 5.41) is 7.05. The molecule has 23 heavy (non-hydrogen) atoms. The zero-order chi connectivity index (χ0) is 16.8. The summed E-state index contributed by atoms with van der Waals surface area (Å²) in [6.07, 6.45) is 1.92. The number of carbonyl (C=O) groups excluding carboxylic acids is 3. The van der Waals surface area contributed by atoms with Crippen LogP contribution in [0.3, 0.4) is 0 Å². The molecule has 0 aliphatic rings. The Hall–Kier alpha value is -2.32. The van der Waals surface area contributed by atoms with Crippen molar-refractivity contribution in [3.63, 3.8) is 0 Å². The van der Waals surface area contributed by atoms with E-state index in [0.717, 1.165) is 4.90 Å². The molecule has 0 bridgehead atoms. The Kier molecular flexibility index (Phi) is 5.78. The monoisotopic (exact) mass is 349 g/mol. The van der Waals surface area contributed by atoms with Crippen molar-refractivity contribution in [2.75, 3.05) is 18.1 Å². The van der Waals surface area contributed by atoms with Crippen LogP contribution in [0.4, 0.5) is 5.69 Å². The SMILES string of the molecule is CSc1ccsc1C(=O)Nc1ccc(C(=O)NCC(N)=O)cc1. The highest BCUT2D eigenvalue weighted by atomic mass is 32.2. The summed E-state index contributed by atoms with van der Waals surface area (Å²) in [6.45, 7) is -0.215. The summed E-state index contributed by atoms with van der Waals surface area (Å²) < 4.78 is 0. The fourth-order valence-electron chi connectivity index (χ4n) is 1.79. The number of hydrogen-bond acceptors (Lipinski definition) is 5. The van der Waals surface area contributed by atoms with Gasteiger partial charge in [0.15, 0.2) is 0 Å². The molecule has 0 spiro atoms. The highest BCUT2D eigenvalue weighted by molar-refractivity contribution is 7.98. The van der Waals surface area contributed by atoms with Gasteiger partial charge in [-0.15, -0.1) is 23.1 Å². The van der Waals surface area contributed by atoms with E-state index in [1.54, 1.807) is 24.3 Å². The Balaban J connectivity index is 2.01. The van der Waals surface area contributed by atoms with E-state index in [-0.39, 0.29) is 12.5 Å². The van der Waals surface area contributed by atoms with Gasteiger partial charge in [0.1, 0.15) is 4.88 Å². The Morgan fingerprint density at radius 3 is 2.43 bits per heavy atom. The van der Waals surface area contributed by atoms with Gasteiger partial charge < -0.3 is 16.4 Å². The van der Waals surface area contributed by atoms with E-state index in [4.69, 9.17) is 5.73 Å². The maximum absolute atomic E-state index is 12.2. The molecule has 3 amide bonds. The van der Waals surface area contributed by atoms with Crippen molar-refractivity contribution in [2.24, 2.45) is 5.73 Å². The van der Waals surface area contributed by atoms with Gasteiger partial charge in [-0.05, 0) is 42.0 Å². The average molecular weight is 349 g/mol. The lowest BCUT2D eigenvalue weighted by atomic mass is 10.2. The van der Waals surface area contributed by atoms with Gasteiger partial charge in [-0.25, -0.2) is 0 Å². The van der Waals surface area contributed by atoms with Crippen LogP contribution < -0.4 is 16.4 Å². The first kappa shape index (κ1) is 17.0. The first-order valence-corrected chi connectivity index (χ1v) is 8.71. The zero-order valence-corrected chi connectivity index (χ0v) is 13.9. The standard InChI is InChI=1S/C15H15N3O3S2/c1-22-11-6-7-23-13(11)15(21)18-10-4-2-9(3-5-10)14(20)17-8-12(16)19/h2-7H,8H2,1H3,(H2,16,19)(H,17,20)(H,18,21). The van der Waals surface area contributed by atoms with Crippen LogP contribution in [-0.2, 0) is 4.79 Å². The normalized spacial score (nSPS) is 10.1. The van der Waals surface area contributed by atoms with Crippen molar-refractivity contribution in [3.8, 4) is 0 Å². The minimum Gasteiger partial charge on any atom is -0.368 e. The molecule has 1 heterocycles. The molecule has 2 rings (SSSR count). The second kappa shape index (κ2) is 7.80. The van der Waals surface area contributed by atoms with Gasteiger partial charge >= 0.3 is 0 Å². The van der Waals surface area contributed by atoms with Crippen LogP contribution in [0.1, 0.15) is 20.0 Å². The maximum Gasteiger partial charge on any atom is 0.266 e. The molecule has 0 fully saturated rings. The molecule has 0 radical (unpaired) electrons. The van der Waals surface area contributed by atoms with Crippen LogP contribution in [-0.4, -0.2) is 30.5 Å². The number of thioether (sulfide) groups is 1. The molecule has 1 aromatic heterocycles. The second-order valence-corrected chi connectivity index (χ2v) is 6.26. The molecule has 0 saturated carbocycles. The van der Waals surface area contributed by atoms with Gasteiger partial charge in [-0.3, -0.25) is 14.4 Å². The summed E-state index contributed by atoms with van der Waals surface area (Å²) in [4.78, 5) is 36.2. The number of anilines is 1. The Morgan fingerprint density at radius 1 is 1.13 bits per heavy atom. The number of thiophene rings is 1. The van der Waals surface area contributed by atoms with Gasteiger partial charge in [-0.2, -0.15) is 0 Å². The molecule has 120 valence electrons. The molecule has 0 unspecified atom stereocenters. The zero-order valence-electron chi connectivity index (χ0n) is 12.3. The fraction of sp³-hybridized carbons (Fsp3) is 0.133. The molecule has 0 aliphatic heterocycles. The molecule has 0 atom stereocenters. The van der Waals surface area contributed by atoms with E-state index in [1.165, 1.54) is 23.1 Å². The van der Waals surface area contributed by atoms with Crippen LogP contribution >= 0.6 is 23.1 Å². The van der Waals surface area contributed by atoms with Crippen molar-refractivity contribution < 1.29 is 14.4 Å². The molecular formula is C15H15N3O3S2. The number of carbonyl (C=O) groups is 3. The smallest absolute Gasteiger partial charge is 0.266 e. The number of rotatable bonds is 6. The molecule has 0 saturated heterocycles. The first-order chi connectivity index (χ1) is 11.0. The van der Waals surface area contributed by atoms with Crippen LogP contribution in [0.15, 0.2) is 40.6 Å². The second-order valence-electron chi connectivity index (χ2n) is 4.50. The number of amides is 3. The third-order valence-electron chi connectivity index (χ3n) is 2.88. The van der Waals surface area contributed by atoms with Crippen LogP contribution in [0, 0.1) is 0 Å². The largest absolute Gasteiger partial charge is 0.368 e. The summed E-state index contributed by atoms with van der Waals surface area (Å²) in [5.41, 5.74) is 5.93. The molecule has 6 nitrogen and oxygen atoms in total. The molecule has 0 aliphatic carbocycles. The van der Waals surface area contributed by atoms with Gasteiger partial charge in [0, 0.05) is 16.1 Å². The lowest BCUT2D eigenvalue weighted by Crippen LogP contribution is -2.33. The molecule has 2 aromatic rings. The van der Waals surface area contributed by atoms with Crippen molar-refractivity contribution in [3.05, 3.63) is 46.2 Å². The first-order valence-electron chi connectivity index (χ1n) is 6.60. The van der Waals surface area contributed by atoms with Crippen molar-refractivity contribution >= 4 is 46.5 Å². The number of nitrogens with one attached hydrogen (secondary N) is 2. The Bertz CT molecular complexity index is 726. The lowest BCUT2D eigenvalue weighted by Gasteiger charge is -2.07. The molecule has 1 aromatic carbocycles. The van der Waals surface area contributed by atoms with E-state index >= 15 is 0 Å². The van der Waals surface area contributed by atoms with E-state index in [2.05, 4.69) is 10.6 Å². The van der Waals surface area contributed by atoms with E-state index in [1.807, 2.05) is 17.7 Å². The average Bonchev–Trinajstić information content (AvgIpc) is 3.02. The number of hydrogen-bond donors (Lipinski definition) is 3. The summed E-state index contributed by atoms with van der Waals surface area (Å²) in [5.74, 6) is -1.19. The van der Waals surface area contributed by atoms with Crippen LogP contribution in [0.2, 0.25) is 0 Å². The third-order valence-corrected chi connectivity index (χ3v) is 4.71. The number of primary amides is 1. The fourth-order valence-corrected chi connectivity index (χ4v) is 3.43. The van der Waals surface area contributed by atoms with Crippen molar-refractivity contribution in [2.45, 2.75) is 4.90 Å². The third kappa shape index (κ3) is 4.57. The minimum absolute atomic E-state index is 0.185. The predicted molar refractivity (Wildman–Crippen MR) is 92.0 cm³/mol. The van der Waals surface area contributed by atoms with E-state index in [9.17, 15) is 14.4 Å². The quantitative estimate of drug-likeness (QED) is 0.694. The highest BCUT2D eigenvalue weighted by Gasteiger charge is 2.13. The topological polar surface area (TPSA) is 101 Å². The number of nitrogens with two attached hydrogens (primary N) is 1. The Morgan fingerprint density at radius 2 is 1.83 bits per heavy atom. The van der Waals surface area contributed by atoms with Crippen LogP contribution in [0.5, 0.6) is 0 Å². The summed E-state index contributed by atoms with van der Waals surface area (Å²) in [6, 6.07) is 8.29. The van der Waals surface area contributed by atoms with Gasteiger partial charge in [0.25, 0.3) is 11.8 Å². The van der Waals surface area contributed by atoms with E-state index in [0.29, 0.717) is 16.1 Å². The highest BCUT2D eigenvalue weighted by Crippen LogP contribution is 2.26. The minimum atomic E-state index is -0.609. The van der Waals surface area contributed by atoms with Crippen molar-refractivity contribution in [1.29, 1.82) is 0 Å².